The number of H-pyrrole nitrogens is 1. The van der Waals surface area contributed by atoms with Crippen molar-refractivity contribution in [2.24, 2.45) is 5.92 Å². The van der Waals surface area contributed by atoms with Crippen LogP contribution in [-0.4, -0.2) is 19.9 Å². The number of nitrogens with one attached hydrogen (secondary N) is 2. The minimum atomic E-state index is 0.463. The Morgan fingerprint density at radius 3 is 2.73 bits per heavy atom. The molecule has 0 radical (unpaired) electrons. The first-order valence-corrected chi connectivity index (χ1v) is 14.9. The fourth-order valence-electron chi connectivity index (χ4n) is 5.29. The average molecular weight is 571 g/mol. The van der Waals surface area contributed by atoms with Crippen LogP contribution in [0.2, 0.25) is 4.34 Å². The third-order valence-electron chi connectivity index (χ3n) is 7.34. The minimum Gasteiger partial charge on any atom is -0.397 e. The molecule has 0 atom stereocenters. The Balaban J connectivity index is 1.35. The van der Waals surface area contributed by atoms with Gasteiger partial charge in [0.25, 0.3) is 0 Å². The van der Waals surface area contributed by atoms with Gasteiger partial charge in [0, 0.05) is 28.0 Å². The first-order valence-electron chi connectivity index (χ1n) is 13.7. The molecule has 1 fully saturated rings. The quantitative estimate of drug-likeness (QED) is 0.166. The number of hydrogen-bond acceptors (Lipinski definition) is 6. The van der Waals surface area contributed by atoms with Gasteiger partial charge in [-0.3, -0.25) is 9.97 Å². The number of aromatic nitrogens is 4. The van der Waals surface area contributed by atoms with Crippen molar-refractivity contribution in [1.82, 2.24) is 25.3 Å². The van der Waals surface area contributed by atoms with Crippen LogP contribution in [0.25, 0.3) is 27.0 Å². The van der Waals surface area contributed by atoms with E-state index in [1.807, 2.05) is 49.5 Å². The van der Waals surface area contributed by atoms with Crippen molar-refractivity contribution in [1.29, 1.82) is 0 Å². The zero-order valence-corrected chi connectivity index (χ0v) is 24.4. The number of hydrogen-bond donors (Lipinski definition) is 3. The first kappa shape index (κ1) is 27.9. The maximum Gasteiger partial charge on any atom is 0.113 e. The molecule has 0 unspecified atom stereocenters. The maximum atomic E-state index is 6.37. The van der Waals surface area contributed by atoms with E-state index in [0.717, 1.165) is 72.3 Å². The summed E-state index contributed by atoms with van der Waals surface area (Å²) in [5.41, 5.74) is 14.1. The van der Waals surface area contributed by atoms with Crippen molar-refractivity contribution in [2.75, 3.05) is 5.73 Å². The monoisotopic (exact) mass is 570 g/mol. The molecule has 4 aromatic rings. The number of thiophene rings is 1. The van der Waals surface area contributed by atoms with Crippen molar-refractivity contribution >= 4 is 45.2 Å². The maximum absolute atomic E-state index is 6.37. The van der Waals surface area contributed by atoms with Crippen molar-refractivity contribution in [2.45, 2.75) is 51.9 Å². The predicted molar refractivity (Wildman–Crippen MR) is 169 cm³/mol. The molecule has 5 rings (SSSR count). The first-order chi connectivity index (χ1) is 19.4. The molecule has 1 aliphatic carbocycles. The van der Waals surface area contributed by atoms with Crippen LogP contribution in [0.3, 0.4) is 0 Å². The Labute approximate surface area is 244 Å². The van der Waals surface area contributed by atoms with Crippen molar-refractivity contribution < 1.29 is 0 Å². The summed E-state index contributed by atoms with van der Waals surface area (Å²) in [5.74, 6) is 1.49. The number of nitrogen functional groups attached to an aromatic ring is 1. The van der Waals surface area contributed by atoms with Gasteiger partial charge in [-0.1, -0.05) is 62.9 Å². The summed E-state index contributed by atoms with van der Waals surface area (Å²) in [6.45, 7) is 10.3. The van der Waals surface area contributed by atoms with Gasteiger partial charge in [-0.25, -0.2) is 4.98 Å². The van der Waals surface area contributed by atoms with Crippen LogP contribution in [0.4, 0.5) is 5.69 Å². The van der Waals surface area contributed by atoms with Crippen LogP contribution in [-0.2, 0) is 6.42 Å². The van der Waals surface area contributed by atoms with Crippen LogP contribution < -0.4 is 11.1 Å². The van der Waals surface area contributed by atoms with Gasteiger partial charge in [0.05, 0.1) is 39.5 Å². The molecule has 0 bridgehead atoms. The number of pyridine rings is 2. The molecule has 0 aromatic carbocycles. The fourth-order valence-corrected chi connectivity index (χ4v) is 6.35. The van der Waals surface area contributed by atoms with E-state index in [9.17, 15) is 0 Å². The molecule has 4 aromatic heterocycles. The van der Waals surface area contributed by atoms with Gasteiger partial charge in [-0.15, -0.1) is 11.3 Å². The minimum absolute atomic E-state index is 0.463. The molecule has 4 heterocycles. The second kappa shape index (κ2) is 12.7. The number of anilines is 1. The lowest BCUT2D eigenvalue weighted by Gasteiger charge is -2.23. The lowest BCUT2D eigenvalue weighted by Crippen LogP contribution is -2.16. The Bertz CT molecular complexity index is 1590. The van der Waals surface area contributed by atoms with E-state index in [-0.39, 0.29) is 0 Å². The summed E-state index contributed by atoms with van der Waals surface area (Å²) in [4.78, 5) is 18.6. The number of rotatable bonds is 10. The van der Waals surface area contributed by atoms with Crippen molar-refractivity contribution in [3.63, 3.8) is 0 Å². The summed E-state index contributed by atoms with van der Waals surface area (Å²) >= 11 is 7.68. The molecule has 4 N–H and O–H groups in total. The third kappa shape index (κ3) is 6.54. The summed E-state index contributed by atoms with van der Waals surface area (Å²) in [5, 5.41) is 3.48. The van der Waals surface area contributed by atoms with Gasteiger partial charge in [-0.2, -0.15) is 0 Å². The Hall–Kier alpha value is -3.68. The number of fused-ring (bicyclic) bond motifs is 1. The smallest absolute Gasteiger partial charge is 0.113 e. The van der Waals surface area contributed by atoms with Gasteiger partial charge >= 0.3 is 0 Å². The average Bonchev–Trinajstić information content (AvgIpc) is 3.58. The highest BCUT2D eigenvalue weighted by Crippen LogP contribution is 2.34. The molecule has 1 aliphatic rings. The molecule has 40 heavy (non-hydrogen) atoms. The fraction of sp³-hybridized carbons (Fsp3) is 0.281. The second-order valence-corrected chi connectivity index (χ2v) is 12.0. The number of nitrogens with zero attached hydrogens (tertiary/aromatic N) is 3. The molecule has 1 saturated carbocycles. The molecular weight excluding hydrogens is 536 g/mol. The Kier molecular flexibility index (Phi) is 8.82. The van der Waals surface area contributed by atoms with E-state index in [4.69, 9.17) is 27.3 Å². The van der Waals surface area contributed by atoms with Gasteiger partial charge in [0.2, 0.25) is 0 Å². The van der Waals surface area contributed by atoms with E-state index in [0.29, 0.717) is 12.1 Å². The van der Waals surface area contributed by atoms with Crippen LogP contribution in [0.15, 0.2) is 79.4 Å². The summed E-state index contributed by atoms with van der Waals surface area (Å²) in [7, 11) is 0. The summed E-state index contributed by atoms with van der Waals surface area (Å²) in [6, 6.07) is 7.73. The Morgan fingerprint density at radius 1 is 1.18 bits per heavy atom. The van der Waals surface area contributed by atoms with E-state index in [1.54, 1.807) is 6.20 Å². The number of aromatic amines is 1. The number of halogens is 1. The molecule has 0 saturated heterocycles. The highest BCUT2D eigenvalue weighted by molar-refractivity contribution is 7.19. The topological polar surface area (TPSA) is 92.5 Å². The van der Waals surface area contributed by atoms with Gasteiger partial charge in [-0.05, 0) is 61.3 Å². The van der Waals surface area contributed by atoms with E-state index in [2.05, 4.69) is 34.5 Å². The predicted octanol–water partition coefficient (Wildman–Crippen LogP) is 8.45. The molecule has 0 aliphatic heterocycles. The van der Waals surface area contributed by atoms with Gasteiger partial charge in [0.15, 0.2) is 0 Å². The second-order valence-electron chi connectivity index (χ2n) is 10.3. The number of imidazole rings is 1. The SMILES string of the molecule is C=C/C(=C\C(=C/C)c1ccc(N)c(Cc2nc3c(-c4ccc(Cl)s4)cncc3[nH]2)n1)NC(=C)CC1CCCCC1. The van der Waals surface area contributed by atoms with Crippen LogP contribution >= 0.6 is 22.9 Å². The molecule has 206 valence electrons. The zero-order valence-electron chi connectivity index (χ0n) is 22.8. The normalized spacial score (nSPS) is 14.9. The van der Waals surface area contributed by atoms with E-state index in [1.165, 1.54) is 43.4 Å². The lowest BCUT2D eigenvalue weighted by molar-refractivity contribution is 0.353. The molecule has 0 amide bonds. The van der Waals surface area contributed by atoms with E-state index >= 15 is 0 Å². The summed E-state index contributed by atoms with van der Waals surface area (Å²) in [6.07, 6.45) is 17.6. The van der Waals surface area contributed by atoms with Crippen LogP contribution in [0, 0.1) is 5.92 Å². The molecule has 8 heteroatoms. The van der Waals surface area contributed by atoms with Crippen LogP contribution in [0.5, 0.6) is 0 Å². The third-order valence-corrected chi connectivity index (χ3v) is 8.61. The van der Waals surface area contributed by atoms with Crippen molar-refractivity contribution in [3.05, 3.63) is 101 Å². The van der Waals surface area contributed by atoms with Gasteiger partial charge < -0.3 is 16.0 Å². The van der Waals surface area contributed by atoms with Gasteiger partial charge in [0.1, 0.15) is 11.3 Å². The Morgan fingerprint density at radius 2 is 2.00 bits per heavy atom. The zero-order chi connectivity index (χ0) is 28.1. The molecule has 0 spiro atoms. The number of nitrogens with two attached hydrogens (primary N) is 1. The highest BCUT2D eigenvalue weighted by Gasteiger charge is 2.16. The van der Waals surface area contributed by atoms with Crippen LogP contribution in [0.1, 0.15) is 62.7 Å². The van der Waals surface area contributed by atoms with E-state index < -0.39 is 0 Å². The standard InChI is InChI=1S/C32H35ClN6S/c1-4-22(16-23(5-2)36-20(3)15-21-9-7-6-8-10-21)26-12-11-25(34)27(37-26)17-31-38-28-19-35-18-24(32(28)39-31)29-13-14-30(33)40-29/h4-5,11-14,16,18-19,21,36H,2-3,6-10,15,17,34H2,1H3,(H,38,39)/b22-4+,23-16+. The molecular formula is C32H35ClN6S. The number of allylic oxidation sites excluding steroid dienone is 5. The summed E-state index contributed by atoms with van der Waals surface area (Å²) < 4.78 is 0.730. The largest absolute Gasteiger partial charge is 0.397 e. The molecule has 6 nitrogen and oxygen atoms in total. The highest BCUT2D eigenvalue weighted by atomic mass is 35.5. The van der Waals surface area contributed by atoms with Crippen molar-refractivity contribution in [3.8, 4) is 10.4 Å². The lowest BCUT2D eigenvalue weighted by atomic mass is 9.86.